The Kier molecular flexibility index (Phi) is 5.87. The lowest BCUT2D eigenvalue weighted by atomic mass is 9.95. The molecule has 1 saturated heterocycles. The Morgan fingerprint density at radius 3 is 2.57 bits per heavy atom. The van der Waals surface area contributed by atoms with Crippen molar-refractivity contribution in [1.29, 1.82) is 0 Å². The SMILES string of the molecule is CC(C)N(Cc1ccc(C(C)(C)C)s1)CC1CCCCN1. The lowest BCUT2D eigenvalue weighted by Gasteiger charge is -2.32. The highest BCUT2D eigenvalue weighted by Crippen LogP contribution is 2.30. The minimum atomic E-state index is 0.274. The molecule has 21 heavy (non-hydrogen) atoms. The van der Waals surface area contributed by atoms with Crippen LogP contribution in [-0.2, 0) is 12.0 Å². The molecule has 2 rings (SSSR count). The van der Waals surface area contributed by atoms with E-state index in [9.17, 15) is 0 Å². The monoisotopic (exact) mass is 308 g/mol. The topological polar surface area (TPSA) is 15.3 Å². The lowest BCUT2D eigenvalue weighted by molar-refractivity contribution is 0.178. The molecule has 0 aliphatic carbocycles. The van der Waals surface area contributed by atoms with Crippen molar-refractivity contribution in [2.24, 2.45) is 0 Å². The lowest BCUT2D eigenvalue weighted by Crippen LogP contribution is -2.45. The van der Waals surface area contributed by atoms with Crippen molar-refractivity contribution in [3.8, 4) is 0 Å². The summed E-state index contributed by atoms with van der Waals surface area (Å²) in [7, 11) is 0. The summed E-state index contributed by atoms with van der Waals surface area (Å²) >= 11 is 1.99. The number of piperidine rings is 1. The van der Waals surface area contributed by atoms with Gasteiger partial charge in [-0.05, 0) is 50.8 Å². The number of nitrogens with zero attached hydrogens (tertiary/aromatic N) is 1. The predicted octanol–water partition coefficient (Wildman–Crippen LogP) is 4.40. The number of hydrogen-bond donors (Lipinski definition) is 1. The van der Waals surface area contributed by atoms with Crippen molar-refractivity contribution >= 4 is 11.3 Å². The van der Waals surface area contributed by atoms with Gasteiger partial charge < -0.3 is 5.32 Å². The van der Waals surface area contributed by atoms with E-state index in [4.69, 9.17) is 0 Å². The third kappa shape index (κ3) is 5.08. The smallest absolute Gasteiger partial charge is 0.0331 e. The molecule has 1 aliphatic heterocycles. The fraction of sp³-hybridized carbons (Fsp3) is 0.778. The average Bonchev–Trinajstić information content (AvgIpc) is 2.87. The van der Waals surface area contributed by atoms with Gasteiger partial charge in [0, 0.05) is 34.9 Å². The Bertz CT molecular complexity index is 425. The minimum Gasteiger partial charge on any atom is -0.313 e. The van der Waals surface area contributed by atoms with Crippen molar-refractivity contribution in [2.45, 2.75) is 77.9 Å². The maximum absolute atomic E-state index is 3.68. The molecule has 1 aromatic rings. The van der Waals surface area contributed by atoms with Crippen LogP contribution in [0.4, 0.5) is 0 Å². The van der Waals surface area contributed by atoms with Crippen LogP contribution in [0.1, 0.15) is 63.6 Å². The summed E-state index contributed by atoms with van der Waals surface area (Å²) in [6.07, 6.45) is 4.07. The quantitative estimate of drug-likeness (QED) is 0.867. The largest absolute Gasteiger partial charge is 0.313 e. The number of thiophene rings is 1. The summed E-state index contributed by atoms with van der Waals surface area (Å²) in [6.45, 7) is 15.0. The highest BCUT2D eigenvalue weighted by atomic mass is 32.1. The van der Waals surface area contributed by atoms with E-state index in [1.807, 2.05) is 11.3 Å². The van der Waals surface area contributed by atoms with Crippen LogP contribution in [0.5, 0.6) is 0 Å². The maximum Gasteiger partial charge on any atom is 0.0331 e. The van der Waals surface area contributed by atoms with Crippen molar-refractivity contribution < 1.29 is 0 Å². The van der Waals surface area contributed by atoms with E-state index >= 15 is 0 Å². The Morgan fingerprint density at radius 2 is 2.05 bits per heavy atom. The molecule has 1 N–H and O–H groups in total. The molecule has 1 fully saturated rings. The first-order valence-corrected chi connectivity index (χ1v) is 9.24. The van der Waals surface area contributed by atoms with Crippen LogP contribution >= 0.6 is 11.3 Å². The molecule has 0 saturated carbocycles. The van der Waals surface area contributed by atoms with Crippen molar-refractivity contribution in [2.75, 3.05) is 13.1 Å². The van der Waals surface area contributed by atoms with Crippen LogP contribution in [-0.4, -0.2) is 30.1 Å². The fourth-order valence-electron chi connectivity index (χ4n) is 2.89. The highest BCUT2D eigenvalue weighted by molar-refractivity contribution is 7.12. The van der Waals surface area contributed by atoms with Crippen LogP contribution in [0.25, 0.3) is 0 Å². The van der Waals surface area contributed by atoms with Gasteiger partial charge in [-0.15, -0.1) is 11.3 Å². The molecule has 0 spiro atoms. The zero-order chi connectivity index (χ0) is 15.5. The maximum atomic E-state index is 3.68. The summed E-state index contributed by atoms with van der Waals surface area (Å²) in [4.78, 5) is 5.63. The van der Waals surface area contributed by atoms with E-state index in [0.29, 0.717) is 12.1 Å². The predicted molar refractivity (Wildman–Crippen MR) is 94.2 cm³/mol. The molecule has 120 valence electrons. The standard InChI is InChI=1S/C18H32N2S/c1-14(2)20(12-15-8-6-7-11-19-15)13-16-9-10-17(21-16)18(3,4)5/h9-10,14-15,19H,6-8,11-13H2,1-5H3. The Balaban J connectivity index is 1.97. The zero-order valence-corrected chi connectivity index (χ0v) is 15.2. The van der Waals surface area contributed by atoms with Crippen LogP contribution < -0.4 is 5.32 Å². The van der Waals surface area contributed by atoms with E-state index in [0.717, 1.165) is 6.54 Å². The molecule has 0 amide bonds. The van der Waals surface area contributed by atoms with Gasteiger partial charge in [0.15, 0.2) is 0 Å². The second kappa shape index (κ2) is 7.26. The summed E-state index contributed by atoms with van der Waals surface area (Å²) in [6, 6.07) is 5.93. The Labute approximate surface area is 134 Å². The molecule has 1 unspecified atom stereocenters. The highest BCUT2D eigenvalue weighted by Gasteiger charge is 2.21. The van der Waals surface area contributed by atoms with Gasteiger partial charge in [0.25, 0.3) is 0 Å². The first-order chi connectivity index (χ1) is 9.86. The average molecular weight is 309 g/mol. The van der Waals surface area contributed by atoms with Crippen molar-refractivity contribution in [1.82, 2.24) is 10.2 Å². The molecular weight excluding hydrogens is 276 g/mol. The van der Waals surface area contributed by atoms with Crippen molar-refractivity contribution in [3.63, 3.8) is 0 Å². The number of nitrogens with one attached hydrogen (secondary N) is 1. The fourth-order valence-corrected chi connectivity index (χ4v) is 3.98. The molecule has 0 bridgehead atoms. The van der Waals surface area contributed by atoms with Crippen LogP contribution in [0.15, 0.2) is 12.1 Å². The van der Waals surface area contributed by atoms with Gasteiger partial charge in [-0.25, -0.2) is 0 Å². The van der Waals surface area contributed by atoms with Gasteiger partial charge >= 0.3 is 0 Å². The first kappa shape index (κ1) is 17.0. The van der Waals surface area contributed by atoms with Gasteiger partial charge in [0.05, 0.1) is 0 Å². The van der Waals surface area contributed by atoms with E-state index in [2.05, 4.69) is 57.0 Å². The second-order valence-corrected chi connectivity index (χ2v) is 8.85. The molecule has 2 heterocycles. The second-order valence-electron chi connectivity index (χ2n) is 7.69. The Hall–Kier alpha value is -0.380. The van der Waals surface area contributed by atoms with Crippen LogP contribution in [0.2, 0.25) is 0 Å². The van der Waals surface area contributed by atoms with E-state index < -0.39 is 0 Å². The summed E-state index contributed by atoms with van der Waals surface area (Å²) in [5.74, 6) is 0. The normalized spacial score (nSPS) is 20.4. The minimum absolute atomic E-state index is 0.274. The van der Waals surface area contributed by atoms with Crippen LogP contribution in [0.3, 0.4) is 0 Å². The van der Waals surface area contributed by atoms with Crippen LogP contribution in [0, 0.1) is 0 Å². The Morgan fingerprint density at radius 1 is 1.29 bits per heavy atom. The third-order valence-electron chi connectivity index (χ3n) is 4.36. The molecule has 0 radical (unpaired) electrons. The summed E-state index contributed by atoms with van der Waals surface area (Å²) < 4.78 is 0. The zero-order valence-electron chi connectivity index (χ0n) is 14.4. The van der Waals surface area contributed by atoms with E-state index in [1.54, 1.807) is 0 Å². The van der Waals surface area contributed by atoms with E-state index in [-0.39, 0.29) is 5.41 Å². The number of hydrogen-bond acceptors (Lipinski definition) is 3. The van der Waals surface area contributed by atoms with Gasteiger partial charge in [0.2, 0.25) is 0 Å². The molecule has 1 aliphatic rings. The molecule has 0 aromatic carbocycles. The molecule has 1 atom stereocenters. The van der Waals surface area contributed by atoms with E-state index in [1.165, 1.54) is 42.1 Å². The number of rotatable bonds is 5. The molecule has 1 aromatic heterocycles. The molecular formula is C18H32N2S. The molecule has 3 heteroatoms. The summed E-state index contributed by atoms with van der Waals surface area (Å²) in [5.41, 5.74) is 0.274. The van der Waals surface area contributed by atoms with Crippen molar-refractivity contribution in [3.05, 3.63) is 21.9 Å². The van der Waals surface area contributed by atoms with Gasteiger partial charge in [-0.1, -0.05) is 27.2 Å². The summed E-state index contributed by atoms with van der Waals surface area (Å²) in [5, 5.41) is 3.68. The van der Waals surface area contributed by atoms with Gasteiger partial charge in [-0.2, -0.15) is 0 Å². The first-order valence-electron chi connectivity index (χ1n) is 8.43. The van der Waals surface area contributed by atoms with Gasteiger partial charge in [-0.3, -0.25) is 4.90 Å². The molecule has 2 nitrogen and oxygen atoms in total. The third-order valence-corrected chi connectivity index (χ3v) is 5.85. The van der Waals surface area contributed by atoms with Gasteiger partial charge in [0.1, 0.15) is 0 Å².